The molecule has 1 amide bonds. The lowest BCUT2D eigenvalue weighted by Gasteiger charge is -2.15. The summed E-state index contributed by atoms with van der Waals surface area (Å²) < 4.78 is 3.87. The molecule has 0 unspecified atom stereocenters. The molecule has 1 saturated heterocycles. The van der Waals surface area contributed by atoms with Gasteiger partial charge in [-0.2, -0.15) is 0 Å². The van der Waals surface area contributed by atoms with E-state index in [1.165, 1.54) is 11.5 Å². The van der Waals surface area contributed by atoms with Crippen molar-refractivity contribution in [1.82, 2.24) is 14.5 Å². The molecule has 1 aliphatic heterocycles. The maximum absolute atomic E-state index is 12.2. The van der Waals surface area contributed by atoms with E-state index in [1.54, 1.807) is 4.90 Å². The first-order chi connectivity index (χ1) is 7.59. The molecule has 6 heteroatoms. The molecule has 2 N–H and O–H groups in total. The molecule has 1 atom stereocenters. The van der Waals surface area contributed by atoms with Crippen molar-refractivity contribution in [2.45, 2.75) is 32.2 Å². The van der Waals surface area contributed by atoms with Crippen LogP contribution in [0.3, 0.4) is 0 Å². The molecule has 0 aromatic carbocycles. The van der Waals surface area contributed by atoms with E-state index in [0.717, 1.165) is 18.7 Å². The second-order valence-corrected chi connectivity index (χ2v) is 5.20. The number of nitrogens with zero attached hydrogens (tertiary/aromatic N) is 3. The predicted octanol–water partition coefficient (Wildman–Crippen LogP) is 0.835. The summed E-state index contributed by atoms with van der Waals surface area (Å²) in [4.78, 5) is 14.6. The molecule has 1 aromatic rings. The molecular formula is C10H16N4OS. The molecule has 2 heterocycles. The number of carbonyl (C=O) groups is 1. The Labute approximate surface area is 98.8 Å². The molecule has 0 bridgehead atoms. The van der Waals surface area contributed by atoms with E-state index >= 15 is 0 Å². The Morgan fingerprint density at radius 1 is 1.62 bits per heavy atom. The minimum atomic E-state index is 0.0339. The van der Waals surface area contributed by atoms with Gasteiger partial charge in [-0.05, 0) is 23.9 Å². The van der Waals surface area contributed by atoms with Gasteiger partial charge in [0.05, 0.1) is 5.69 Å². The summed E-state index contributed by atoms with van der Waals surface area (Å²) in [6.45, 7) is 5.43. The third-order valence-corrected chi connectivity index (χ3v) is 3.50. The monoisotopic (exact) mass is 240 g/mol. The average Bonchev–Trinajstić information content (AvgIpc) is 2.84. The van der Waals surface area contributed by atoms with Gasteiger partial charge in [0.1, 0.15) is 4.88 Å². The van der Waals surface area contributed by atoms with Gasteiger partial charge in [0, 0.05) is 19.1 Å². The van der Waals surface area contributed by atoms with Crippen LogP contribution in [-0.4, -0.2) is 39.5 Å². The smallest absolute Gasteiger partial charge is 0.267 e. The fraction of sp³-hybridized carbons (Fsp3) is 0.700. The lowest BCUT2D eigenvalue weighted by Crippen LogP contribution is -2.32. The van der Waals surface area contributed by atoms with Crippen molar-refractivity contribution in [3.63, 3.8) is 0 Å². The zero-order valence-electron chi connectivity index (χ0n) is 9.51. The van der Waals surface area contributed by atoms with Crippen LogP contribution in [0.25, 0.3) is 0 Å². The van der Waals surface area contributed by atoms with Gasteiger partial charge < -0.3 is 10.6 Å². The highest BCUT2D eigenvalue weighted by Crippen LogP contribution is 2.22. The Balaban J connectivity index is 2.17. The standard InChI is InChI=1S/C10H16N4OS/c1-6(2)8-9(16-13-12-8)10(15)14-4-3-7(11)5-14/h6-7H,3-5,11H2,1-2H3/t7-/m1/s1. The zero-order valence-corrected chi connectivity index (χ0v) is 10.3. The van der Waals surface area contributed by atoms with Crippen molar-refractivity contribution >= 4 is 17.4 Å². The normalized spacial score (nSPS) is 20.8. The molecule has 1 aromatic heterocycles. The summed E-state index contributed by atoms with van der Waals surface area (Å²) in [5.41, 5.74) is 6.59. The summed E-state index contributed by atoms with van der Waals surface area (Å²) in [5, 5.41) is 4.02. The molecular weight excluding hydrogens is 224 g/mol. The quantitative estimate of drug-likeness (QED) is 0.831. The lowest BCUT2D eigenvalue weighted by molar-refractivity contribution is 0.0794. The summed E-state index contributed by atoms with van der Waals surface area (Å²) in [6, 6.07) is 0.118. The predicted molar refractivity (Wildman–Crippen MR) is 62.5 cm³/mol. The molecule has 0 aliphatic carbocycles. The molecule has 0 spiro atoms. The van der Waals surface area contributed by atoms with Crippen LogP contribution in [0.5, 0.6) is 0 Å². The average molecular weight is 240 g/mol. The number of nitrogens with two attached hydrogens (primary N) is 1. The van der Waals surface area contributed by atoms with Crippen molar-refractivity contribution in [2.24, 2.45) is 5.73 Å². The fourth-order valence-electron chi connectivity index (χ4n) is 1.84. The van der Waals surface area contributed by atoms with Crippen molar-refractivity contribution < 1.29 is 4.79 Å². The van der Waals surface area contributed by atoms with Crippen LogP contribution in [0.15, 0.2) is 0 Å². The van der Waals surface area contributed by atoms with E-state index in [0.29, 0.717) is 11.4 Å². The van der Waals surface area contributed by atoms with E-state index < -0.39 is 0 Å². The van der Waals surface area contributed by atoms with Gasteiger partial charge in [-0.1, -0.05) is 18.3 Å². The fourth-order valence-corrected chi connectivity index (χ4v) is 2.63. The van der Waals surface area contributed by atoms with Crippen LogP contribution < -0.4 is 5.73 Å². The summed E-state index contributed by atoms with van der Waals surface area (Å²) in [7, 11) is 0. The van der Waals surface area contributed by atoms with Gasteiger partial charge in [0.2, 0.25) is 0 Å². The van der Waals surface area contributed by atoms with Crippen molar-refractivity contribution in [3.8, 4) is 0 Å². The largest absolute Gasteiger partial charge is 0.336 e. The maximum Gasteiger partial charge on any atom is 0.267 e. The summed E-state index contributed by atoms with van der Waals surface area (Å²) in [5.74, 6) is 0.264. The Kier molecular flexibility index (Phi) is 3.20. The molecule has 0 radical (unpaired) electrons. The van der Waals surface area contributed by atoms with Crippen LogP contribution >= 0.6 is 11.5 Å². The Morgan fingerprint density at radius 3 is 2.94 bits per heavy atom. The molecule has 16 heavy (non-hydrogen) atoms. The molecule has 0 saturated carbocycles. The third-order valence-electron chi connectivity index (χ3n) is 2.77. The number of rotatable bonds is 2. The van der Waals surface area contributed by atoms with E-state index in [4.69, 9.17) is 5.73 Å². The van der Waals surface area contributed by atoms with Gasteiger partial charge in [0.25, 0.3) is 5.91 Å². The van der Waals surface area contributed by atoms with Crippen molar-refractivity contribution in [3.05, 3.63) is 10.6 Å². The minimum Gasteiger partial charge on any atom is -0.336 e. The topological polar surface area (TPSA) is 72.1 Å². The number of hydrogen-bond acceptors (Lipinski definition) is 5. The number of hydrogen-bond donors (Lipinski definition) is 1. The van der Waals surface area contributed by atoms with E-state index in [9.17, 15) is 4.79 Å². The van der Waals surface area contributed by atoms with Crippen molar-refractivity contribution in [2.75, 3.05) is 13.1 Å². The molecule has 88 valence electrons. The molecule has 2 rings (SSSR count). The van der Waals surface area contributed by atoms with Gasteiger partial charge in [0.15, 0.2) is 0 Å². The van der Waals surface area contributed by atoms with Crippen molar-refractivity contribution in [1.29, 1.82) is 0 Å². The minimum absolute atomic E-state index is 0.0339. The van der Waals surface area contributed by atoms with Crippen LogP contribution in [0.2, 0.25) is 0 Å². The first-order valence-corrected chi connectivity index (χ1v) is 6.24. The highest BCUT2D eigenvalue weighted by molar-refractivity contribution is 7.08. The SMILES string of the molecule is CC(C)c1nnsc1C(=O)N1CC[C@@H](N)C1. The Morgan fingerprint density at radius 2 is 2.38 bits per heavy atom. The van der Waals surface area contributed by atoms with Crippen LogP contribution in [-0.2, 0) is 0 Å². The molecule has 1 aliphatic rings. The first kappa shape index (κ1) is 11.5. The van der Waals surface area contributed by atoms with Gasteiger partial charge in [-0.25, -0.2) is 0 Å². The van der Waals surface area contributed by atoms with Crippen LogP contribution in [0.1, 0.15) is 41.6 Å². The Bertz CT molecular complexity index is 390. The highest BCUT2D eigenvalue weighted by atomic mass is 32.1. The number of likely N-dealkylation sites (tertiary alicyclic amines) is 1. The van der Waals surface area contributed by atoms with E-state index in [1.807, 2.05) is 13.8 Å². The van der Waals surface area contributed by atoms with Gasteiger partial charge in [-0.15, -0.1) is 5.10 Å². The second kappa shape index (κ2) is 4.47. The van der Waals surface area contributed by atoms with E-state index in [2.05, 4.69) is 9.59 Å². The zero-order chi connectivity index (χ0) is 11.7. The third kappa shape index (κ3) is 2.08. The Hall–Kier alpha value is -1.01. The maximum atomic E-state index is 12.2. The van der Waals surface area contributed by atoms with Crippen LogP contribution in [0, 0.1) is 0 Å². The van der Waals surface area contributed by atoms with Gasteiger partial charge >= 0.3 is 0 Å². The van der Waals surface area contributed by atoms with Gasteiger partial charge in [-0.3, -0.25) is 4.79 Å². The highest BCUT2D eigenvalue weighted by Gasteiger charge is 2.28. The second-order valence-electron chi connectivity index (χ2n) is 4.44. The number of carbonyl (C=O) groups excluding carboxylic acids is 1. The van der Waals surface area contributed by atoms with E-state index in [-0.39, 0.29) is 17.9 Å². The first-order valence-electron chi connectivity index (χ1n) is 5.46. The summed E-state index contributed by atoms with van der Waals surface area (Å²) >= 11 is 1.18. The molecule has 5 nitrogen and oxygen atoms in total. The lowest BCUT2D eigenvalue weighted by atomic mass is 10.1. The number of amides is 1. The van der Waals surface area contributed by atoms with Crippen LogP contribution in [0.4, 0.5) is 0 Å². The summed E-state index contributed by atoms with van der Waals surface area (Å²) in [6.07, 6.45) is 0.884. The molecule has 1 fully saturated rings. The number of aromatic nitrogens is 2.